The quantitative estimate of drug-likeness (QED) is 0.124. The highest BCUT2D eigenvalue weighted by Gasteiger charge is 2.31. The fourth-order valence-corrected chi connectivity index (χ4v) is 5.55. The normalized spacial score (nSPS) is 12.8. The number of ketones is 4. The standard InChI is InChI=1S/C38H32F2N2O6/c39-31-13-3-1-9-27(31)19-25-7-5-11-29(21-25)33(43)23-35(45)37(47)41-15-17-42(18-16-41)38(48)36(46)24-34(44)30-12-6-8-26(22-30)20-28-10-2-4-14-32(28)40/h1-14,21-22H,15-20,23-24H2. The number of hydrogen-bond acceptors (Lipinski definition) is 6. The largest absolute Gasteiger partial charge is 0.333 e. The Labute approximate surface area is 276 Å². The van der Waals surface area contributed by atoms with Crippen molar-refractivity contribution in [1.82, 2.24) is 9.80 Å². The maximum atomic E-state index is 14.1. The lowest BCUT2D eigenvalue weighted by Crippen LogP contribution is -2.53. The zero-order chi connectivity index (χ0) is 34.2. The van der Waals surface area contributed by atoms with Gasteiger partial charge in [0.05, 0.1) is 12.8 Å². The summed E-state index contributed by atoms with van der Waals surface area (Å²) in [5, 5.41) is 0. The monoisotopic (exact) mass is 650 g/mol. The van der Waals surface area contributed by atoms with E-state index in [9.17, 15) is 37.5 Å². The van der Waals surface area contributed by atoms with Crippen LogP contribution in [0.4, 0.5) is 8.78 Å². The molecule has 2 amide bonds. The van der Waals surface area contributed by atoms with Crippen LogP contribution in [0.25, 0.3) is 0 Å². The molecule has 0 bridgehead atoms. The highest BCUT2D eigenvalue weighted by molar-refractivity contribution is 6.41. The molecule has 5 rings (SSSR count). The third-order valence-corrected chi connectivity index (χ3v) is 8.18. The molecule has 1 heterocycles. The van der Waals surface area contributed by atoms with Crippen molar-refractivity contribution >= 4 is 34.9 Å². The summed E-state index contributed by atoms with van der Waals surface area (Å²) in [4.78, 5) is 79.2. The minimum absolute atomic E-state index is 0.0258. The van der Waals surface area contributed by atoms with E-state index in [0.29, 0.717) is 22.3 Å². The Morgan fingerprint density at radius 2 is 0.875 bits per heavy atom. The van der Waals surface area contributed by atoms with E-state index in [-0.39, 0.29) is 61.8 Å². The Bertz CT molecular complexity index is 1760. The Morgan fingerprint density at radius 3 is 1.25 bits per heavy atom. The molecule has 1 fully saturated rings. The maximum Gasteiger partial charge on any atom is 0.290 e. The molecule has 1 aliphatic heterocycles. The number of piperazine rings is 1. The van der Waals surface area contributed by atoms with Crippen LogP contribution in [0, 0.1) is 11.6 Å². The minimum atomic E-state index is -0.904. The summed E-state index contributed by atoms with van der Waals surface area (Å²) < 4.78 is 28.1. The van der Waals surface area contributed by atoms with Crippen molar-refractivity contribution in [2.75, 3.05) is 26.2 Å². The summed E-state index contributed by atoms with van der Waals surface area (Å²) in [7, 11) is 0. The van der Waals surface area contributed by atoms with Gasteiger partial charge in [-0.3, -0.25) is 28.8 Å². The molecular weight excluding hydrogens is 618 g/mol. The fraction of sp³-hybridized carbons (Fsp3) is 0.211. The molecule has 0 aliphatic carbocycles. The van der Waals surface area contributed by atoms with Gasteiger partial charge in [0.15, 0.2) is 11.6 Å². The zero-order valence-corrected chi connectivity index (χ0v) is 26.0. The Balaban J connectivity index is 1.10. The van der Waals surface area contributed by atoms with Gasteiger partial charge >= 0.3 is 0 Å². The van der Waals surface area contributed by atoms with E-state index in [1.165, 1.54) is 34.1 Å². The van der Waals surface area contributed by atoms with Gasteiger partial charge in [-0.15, -0.1) is 0 Å². The van der Waals surface area contributed by atoms with E-state index in [0.717, 1.165) is 0 Å². The molecule has 0 aromatic heterocycles. The van der Waals surface area contributed by atoms with E-state index in [4.69, 9.17) is 0 Å². The van der Waals surface area contributed by atoms with Gasteiger partial charge in [-0.25, -0.2) is 8.78 Å². The van der Waals surface area contributed by atoms with Crippen LogP contribution in [0.15, 0.2) is 97.1 Å². The lowest BCUT2D eigenvalue weighted by atomic mass is 9.99. The number of hydrogen-bond donors (Lipinski definition) is 0. The Kier molecular flexibility index (Phi) is 10.7. The van der Waals surface area contributed by atoms with Crippen LogP contribution in [-0.4, -0.2) is 70.9 Å². The molecule has 10 heteroatoms. The lowest BCUT2D eigenvalue weighted by molar-refractivity contribution is -0.149. The predicted molar refractivity (Wildman–Crippen MR) is 172 cm³/mol. The molecular formula is C38H32F2N2O6. The van der Waals surface area contributed by atoms with Crippen molar-refractivity contribution in [3.05, 3.63) is 142 Å². The van der Waals surface area contributed by atoms with Gasteiger partial charge in [0.2, 0.25) is 11.6 Å². The van der Waals surface area contributed by atoms with Crippen LogP contribution >= 0.6 is 0 Å². The number of rotatable bonds is 12. The van der Waals surface area contributed by atoms with Crippen molar-refractivity contribution in [3.8, 4) is 0 Å². The molecule has 0 atom stereocenters. The number of carbonyl (C=O) groups excluding carboxylic acids is 6. The Morgan fingerprint density at radius 1 is 0.500 bits per heavy atom. The summed E-state index contributed by atoms with van der Waals surface area (Å²) in [6.07, 6.45) is -0.790. The van der Waals surface area contributed by atoms with E-state index in [1.807, 2.05) is 0 Å². The third-order valence-electron chi connectivity index (χ3n) is 8.18. The highest BCUT2D eigenvalue weighted by Crippen LogP contribution is 2.18. The molecule has 48 heavy (non-hydrogen) atoms. The first kappa shape index (κ1) is 33.7. The first-order chi connectivity index (χ1) is 23.1. The Hall–Kier alpha value is -5.64. The fourth-order valence-electron chi connectivity index (χ4n) is 5.55. The number of benzene rings is 4. The van der Waals surface area contributed by atoms with Crippen molar-refractivity contribution in [2.24, 2.45) is 0 Å². The van der Waals surface area contributed by atoms with Crippen molar-refractivity contribution < 1.29 is 37.5 Å². The highest BCUT2D eigenvalue weighted by atomic mass is 19.1. The van der Waals surface area contributed by atoms with Crippen molar-refractivity contribution in [3.63, 3.8) is 0 Å². The summed E-state index contributed by atoms with van der Waals surface area (Å²) >= 11 is 0. The summed E-state index contributed by atoms with van der Waals surface area (Å²) in [6.45, 7) is -0.103. The maximum absolute atomic E-state index is 14.1. The number of amides is 2. The number of carbonyl (C=O) groups is 6. The SMILES string of the molecule is O=C(CC(=O)c1cccc(Cc2ccccc2F)c1)C(=O)N1CCN(C(=O)C(=O)CC(=O)c2cccc(Cc3ccccc3F)c2)CC1. The minimum Gasteiger partial charge on any atom is -0.333 e. The first-order valence-corrected chi connectivity index (χ1v) is 15.4. The smallest absolute Gasteiger partial charge is 0.290 e. The van der Waals surface area contributed by atoms with E-state index >= 15 is 0 Å². The zero-order valence-electron chi connectivity index (χ0n) is 26.0. The second-order valence-electron chi connectivity index (χ2n) is 11.6. The van der Waals surface area contributed by atoms with Crippen LogP contribution in [0.2, 0.25) is 0 Å². The molecule has 4 aromatic carbocycles. The van der Waals surface area contributed by atoms with E-state index in [2.05, 4.69) is 0 Å². The van der Waals surface area contributed by atoms with Crippen molar-refractivity contribution in [1.29, 1.82) is 0 Å². The number of halogens is 2. The van der Waals surface area contributed by atoms with Gasteiger partial charge in [-0.1, -0.05) is 72.8 Å². The van der Waals surface area contributed by atoms with E-state index < -0.39 is 47.8 Å². The molecule has 1 saturated heterocycles. The number of Topliss-reactive ketones (excluding diaryl/α,β-unsaturated/α-hetero) is 4. The summed E-state index contributed by atoms with van der Waals surface area (Å²) in [5.74, 6) is -5.37. The second kappa shape index (κ2) is 15.3. The van der Waals surface area contributed by atoms with Crippen LogP contribution in [0.5, 0.6) is 0 Å². The topological polar surface area (TPSA) is 109 Å². The molecule has 0 spiro atoms. The van der Waals surface area contributed by atoms with Gasteiger partial charge in [0, 0.05) is 50.1 Å². The molecule has 4 aromatic rings. The molecule has 0 N–H and O–H groups in total. The van der Waals surface area contributed by atoms with Gasteiger partial charge < -0.3 is 9.80 Å². The van der Waals surface area contributed by atoms with E-state index in [1.54, 1.807) is 72.8 Å². The molecule has 1 aliphatic rings. The lowest BCUT2D eigenvalue weighted by Gasteiger charge is -2.34. The summed E-state index contributed by atoms with van der Waals surface area (Å²) in [6, 6.07) is 25.5. The first-order valence-electron chi connectivity index (χ1n) is 15.4. The molecule has 0 radical (unpaired) electrons. The van der Waals surface area contributed by atoms with Crippen molar-refractivity contribution in [2.45, 2.75) is 25.7 Å². The van der Waals surface area contributed by atoms with Crippen LogP contribution in [-0.2, 0) is 32.0 Å². The van der Waals surface area contributed by atoms with Gasteiger partial charge in [0.1, 0.15) is 11.6 Å². The summed E-state index contributed by atoms with van der Waals surface area (Å²) in [5.41, 5.74) is 2.73. The molecule has 244 valence electrons. The average molecular weight is 651 g/mol. The van der Waals surface area contributed by atoms with Crippen LogP contribution < -0.4 is 0 Å². The molecule has 0 saturated carbocycles. The average Bonchev–Trinajstić information content (AvgIpc) is 3.10. The molecule has 8 nitrogen and oxygen atoms in total. The van der Waals surface area contributed by atoms with Crippen LogP contribution in [0.3, 0.4) is 0 Å². The van der Waals surface area contributed by atoms with Crippen LogP contribution in [0.1, 0.15) is 55.8 Å². The predicted octanol–water partition coefficient (Wildman–Crippen LogP) is 4.80. The number of nitrogens with zero attached hydrogens (tertiary/aromatic N) is 2. The third kappa shape index (κ3) is 8.38. The van der Waals surface area contributed by atoms with Gasteiger partial charge in [-0.2, -0.15) is 0 Å². The molecule has 0 unspecified atom stereocenters. The second-order valence-corrected chi connectivity index (χ2v) is 11.6. The van der Waals surface area contributed by atoms with Gasteiger partial charge in [0.25, 0.3) is 11.8 Å². The van der Waals surface area contributed by atoms with Gasteiger partial charge in [-0.05, 0) is 46.5 Å².